The molecule has 1 N–H and O–H groups in total. The van der Waals surface area contributed by atoms with Gasteiger partial charge in [0, 0.05) is 12.1 Å². The number of nitrogens with one attached hydrogen (secondary N) is 1. The van der Waals surface area contributed by atoms with Gasteiger partial charge in [-0.1, -0.05) is 28.9 Å². The maximum atomic E-state index is 14.3. The van der Waals surface area contributed by atoms with Crippen LogP contribution < -0.4 is 14.8 Å². The molecule has 0 radical (unpaired) electrons. The molecule has 1 amide bonds. The predicted octanol–water partition coefficient (Wildman–Crippen LogP) is 3.95. The van der Waals surface area contributed by atoms with Crippen LogP contribution in [-0.2, 0) is 9.63 Å². The van der Waals surface area contributed by atoms with Crippen LogP contribution in [0.15, 0.2) is 59.9 Å². The van der Waals surface area contributed by atoms with Crippen LogP contribution in [-0.4, -0.2) is 35.7 Å². The second-order valence-corrected chi connectivity index (χ2v) is 6.10. The average molecular weight is 431 g/mol. The lowest BCUT2D eigenvalue weighted by Gasteiger charge is -2.12. The molecule has 8 nitrogen and oxygen atoms in total. The maximum Gasteiger partial charge on any atom is 0.325 e. The maximum absolute atomic E-state index is 14.3. The number of para-hydroxylation sites is 1. The first-order valence-corrected chi connectivity index (χ1v) is 8.96. The third kappa shape index (κ3) is 5.00. The second-order valence-electron chi connectivity index (χ2n) is 5.66. The normalized spacial score (nSPS) is 11.0. The zero-order valence-corrected chi connectivity index (χ0v) is 16.7. The van der Waals surface area contributed by atoms with Crippen LogP contribution in [0.25, 0.3) is 0 Å². The Hall–Kier alpha value is -3.72. The summed E-state index contributed by atoms with van der Waals surface area (Å²) in [4.78, 5) is 24.7. The smallest absolute Gasteiger partial charge is 0.325 e. The average Bonchev–Trinajstić information content (AvgIpc) is 2.76. The van der Waals surface area contributed by atoms with Crippen molar-refractivity contribution in [2.45, 2.75) is 0 Å². The van der Waals surface area contributed by atoms with Gasteiger partial charge in [0.15, 0.2) is 5.71 Å². The van der Waals surface area contributed by atoms with Crippen LogP contribution in [0.1, 0.15) is 5.56 Å². The van der Waals surface area contributed by atoms with E-state index in [2.05, 4.69) is 20.4 Å². The number of carbonyl (C=O) groups excluding carboxylic acids is 1. The molecule has 3 aromatic rings. The van der Waals surface area contributed by atoms with Crippen molar-refractivity contribution in [1.29, 1.82) is 0 Å². The van der Waals surface area contributed by atoms with Crippen LogP contribution >= 0.6 is 11.6 Å². The number of halogens is 2. The van der Waals surface area contributed by atoms with E-state index in [0.717, 1.165) is 6.20 Å². The van der Waals surface area contributed by atoms with Crippen molar-refractivity contribution in [3.63, 3.8) is 0 Å². The standard InChI is InChI=1S/C20H16ClFN4O4/c1-23-18(27)17(26-28-2)14-5-3-4-6-16(14)30-19-15(22)11-24-20(25-19)29-13-9-7-12(21)8-10-13/h3-11H,1-2H3,(H,23,27)/b26-17-. The van der Waals surface area contributed by atoms with E-state index in [0.29, 0.717) is 10.8 Å². The summed E-state index contributed by atoms with van der Waals surface area (Å²) >= 11 is 5.84. The highest BCUT2D eigenvalue weighted by atomic mass is 35.5. The van der Waals surface area contributed by atoms with Gasteiger partial charge in [0.25, 0.3) is 11.8 Å². The fourth-order valence-corrected chi connectivity index (χ4v) is 2.47. The quantitative estimate of drug-likeness (QED) is 0.450. The van der Waals surface area contributed by atoms with Crippen LogP contribution in [0.2, 0.25) is 5.02 Å². The minimum absolute atomic E-state index is 0.0531. The number of ether oxygens (including phenoxy) is 2. The van der Waals surface area contributed by atoms with Crippen molar-refractivity contribution < 1.29 is 23.5 Å². The van der Waals surface area contributed by atoms with E-state index in [-0.39, 0.29) is 23.0 Å². The van der Waals surface area contributed by atoms with E-state index in [4.69, 9.17) is 25.9 Å². The number of aromatic nitrogens is 2. The Morgan fingerprint density at radius 2 is 1.87 bits per heavy atom. The molecule has 0 atom stereocenters. The Balaban J connectivity index is 1.92. The number of oxime groups is 1. The number of amides is 1. The number of nitrogens with zero attached hydrogens (tertiary/aromatic N) is 3. The topological polar surface area (TPSA) is 94.9 Å². The van der Waals surface area contributed by atoms with E-state index in [1.54, 1.807) is 42.5 Å². The minimum atomic E-state index is -0.821. The summed E-state index contributed by atoms with van der Waals surface area (Å²) in [6.45, 7) is 0. The molecule has 2 aromatic carbocycles. The summed E-state index contributed by atoms with van der Waals surface area (Å²) < 4.78 is 25.4. The lowest BCUT2D eigenvalue weighted by atomic mass is 10.1. The van der Waals surface area contributed by atoms with E-state index < -0.39 is 17.6 Å². The fraction of sp³-hybridized carbons (Fsp3) is 0.100. The molecule has 1 heterocycles. The highest BCUT2D eigenvalue weighted by Crippen LogP contribution is 2.29. The first-order valence-electron chi connectivity index (χ1n) is 8.58. The largest absolute Gasteiger partial charge is 0.436 e. The van der Waals surface area contributed by atoms with Gasteiger partial charge >= 0.3 is 6.01 Å². The molecule has 0 aliphatic carbocycles. The van der Waals surface area contributed by atoms with E-state index in [1.165, 1.54) is 20.2 Å². The molecule has 0 aliphatic heterocycles. The molecule has 154 valence electrons. The number of hydrogen-bond acceptors (Lipinski definition) is 7. The third-order valence-electron chi connectivity index (χ3n) is 3.69. The van der Waals surface area contributed by atoms with E-state index in [1.807, 2.05) is 0 Å². The lowest BCUT2D eigenvalue weighted by molar-refractivity contribution is -0.114. The highest BCUT2D eigenvalue weighted by Gasteiger charge is 2.20. The molecule has 1 aromatic heterocycles. The Labute approximate surface area is 176 Å². The molecule has 0 saturated carbocycles. The number of carbonyl (C=O) groups is 1. The van der Waals surface area contributed by atoms with Crippen molar-refractivity contribution in [2.75, 3.05) is 14.2 Å². The van der Waals surface area contributed by atoms with Crippen LogP contribution in [0.5, 0.6) is 23.4 Å². The zero-order chi connectivity index (χ0) is 21.5. The molecule has 10 heteroatoms. The van der Waals surface area contributed by atoms with Gasteiger partial charge in [0.2, 0.25) is 5.82 Å². The predicted molar refractivity (Wildman–Crippen MR) is 108 cm³/mol. The molecule has 0 spiro atoms. The molecule has 0 aliphatic rings. The van der Waals surface area contributed by atoms with Gasteiger partial charge in [-0.3, -0.25) is 4.79 Å². The number of likely N-dealkylation sites (N-methyl/N-ethyl adjacent to an activating group) is 1. The Morgan fingerprint density at radius 3 is 2.57 bits per heavy atom. The Morgan fingerprint density at radius 1 is 1.13 bits per heavy atom. The summed E-state index contributed by atoms with van der Waals surface area (Å²) in [5.74, 6) is -1.19. The van der Waals surface area contributed by atoms with Crippen molar-refractivity contribution in [3.05, 3.63) is 71.1 Å². The van der Waals surface area contributed by atoms with Crippen molar-refractivity contribution in [3.8, 4) is 23.4 Å². The monoisotopic (exact) mass is 430 g/mol. The van der Waals surface area contributed by atoms with Gasteiger partial charge in [-0.2, -0.15) is 9.37 Å². The summed E-state index contributed by atoms with van der Waals surface area (Å²) in [5, 5.41) is 6.72. The van der Waals surface area contributed by atoms with Gasteiger partial charge in [-0.05, 0) is 36.4 Å². The molecular weight excluding hydrogens is 415 g/mol. The SMILES string of the molecule is CNC(=O)/C(=N\OC)c1ccccc1Oc1nc(Oc2ccc(Cl)cc2)ncc1F. The Bertz CT molecular complexity index is 1080. The first kappa shape index (κ1) is 21.0. The minimum Gasteiger partial charge on any atom is -0.436 e. The van der Waals surface area contributed by atoms with Crippen molar-refractivity contribution >= 4 is 23.2 Å². The zero-order valence-electron chi connectivity index (χ0n) is 15.9. The molecule has 0 saturated heterocycles. The number of benzene rings is 2. The lowest BCUT2D eigenvalue weighted by Crippen LogP contribution is -2.28. The number of hydrogen-bond donors (Lipinski definition) is 1. The van der Waals surface area contributed by atoms with Crippen molar-refractivity contribution in [1.82, 2.24) is 15.3 Å². The van der Waals surface area contributed by atoms with Gasteiger partial charge in [-0.25, -0.2) is 4.98 Å². The second kappa shape index (κ2) is 9.66. The summed E-state index contributed by atoms with van der Waals surface area (Å²) in [6.07, 6.45) is 0.916. The molecule has 0 bridgehead atoms. The summed E-state index contributed by atoms with van der Waals surface area (Å²) in [6, 6.07) is 12.8. The van der Waals surface area contributed by atoms with Gasteiger partial charge in [0.1, 0.15) is 18.6 Å². The summed E-state index contributed by atoms with van der Waals surface area (Å²) in [5.41, 5.74) is 0.222. The van der Waals surface area contributed by atoms with Crippen LogP contribution in [0.4, 0.5) is 4.39 Å². The van der Waals surface area contributed by atoms with Gasteiger partial charge < -0.3 is 19.6 Å². The van der Waals surface area contributed by atoms with Gasteiger partial charge in [0.05, 0.1) is 11.8 Å². The van der Waals surface area contributed by atoms with E-state index in [9.17, 15) is 9.18 Å². The van der Waals surface area contributed by atoms with Gasteiger partial charge in [-0.15, -0.1) is 0 Å². The van der Waals surface area contributed by atoms with Crippen LogP contribution in [0, 0.1) is 5.82 Å². The van der Waals surface area contributed by atoms with E-state index >= 15 is 0 Å². The molecule has 3 rings (SSSR count). The molecule has 0 unspecified atom stereocenters. The first-order chi connectivity index (χ1) is 14.5. The third-order valence-corrected chi connectivity index (χ3v) is 3.94. The van der Waals surface area contributed by atoms with Crippen LogP contribution in [0.3, 0.4) is 0 Å². The molecule has 30 heavy (non-hydrogen) atoms. The highest BCUT2D eigenvalue weighted by molar-refractivity contribution is 6.45. The van der Waals surface area contributed by atoms with Crippen molar-refractivity contribution in [2.24, 2.45) is 5.16 Å². The molecule has 0 fully saturated rings. The summed E-state index contributed by atoms with van der Waals surface area (Å²) in [7, 11) is 2.75. The molecular formula is C20H16ClFN4O4. The fourth-order valence-electron chi connectivity index (χ4n) is 2.34. The number of rotatable bonds is 7. The Kier molecular flexibility index (Phi) is 6.76.